The van der Waals surface area contributed by atoms with E-state index < -0.39 is 0 Å². The maximum Gasteiger partial charge on any atom is 0.0991 e. The van der Waals surface area contributed by atoms with Gasteiger partial charge in [0.1, 0.15) is 0 Å². The van der Waals surface area contributed by atoms with Crippen LogP contribution in [0.15, 0.2) is 65.1 Å². The highest BCUT2D eigenvalue weighted by Crippen LogP contribution is 2.26. The second kappa shape index (κ2) is 4.87. The van der Waals surface area contributed by atoms with Crippen LogP contribution in [0, 0.1) is 11.3 Å². The van der Waals surface area contributed by atoms with Crippen molar-refractivity contribution in [3.05, 3.63) is 70.7 Å². The SMILES string of the molecule is N#Cc1ccc2cc(-c3ccc(Br)cc3)ccc2c1. The Morgan fingerprint density at radius 2 is 1.37 bits per heavy atom. The summed E-state index contributed by atoms with van der Waals surface area (Å²) in [4.78, 5) is 0. The topological polar surface area (TPSA) is 23.8 Å². The molecule has 0 heterocycles. The van der Waals surface area contributed by atoms with E-state index in [4.69, 9.17) is 5.26 Å². The number of halogens is 1. The van der Waals surface area contributed by atoms with Crippen LogP contribution < -0.4 is 0 Å². The smallest absolute Gasteiger partial charge is 0.0991 e. The zero-order valence-corrected chi connectivity index (χ0v) is 11.7. The first-order chi connectivity index (χ1) is 9.26. The van der Waals surface area contributed by atoms with Crippen molar-refractivity contribution < 1.29 is 0 Å². The molecule has 0 aromatic heterocycles. The number of hydrogen-bond donors (Lipinski definition) is 0. The minimum Gasteiger partial charge on any atom is -0.192 e. The summed E-state index contributed by atoms with van der Waals surface area (Å²) in [6.45, 7) is 0. The molecule has 19 heavy (non-hydrogen) atoms. The maximum absolute atomic E-state index is 8.90. The van der Waals surface area contributed by atoms with E-state index in [2.05, 4.69) is 52.3 Å². The highest BCUT2D eigenvalue weighted by Gasteiger charge is 2.01. The summed E-state index contributed by atoms with van der Waals surface area (Å²) in [6, 6.07) is 22.5. The van der Waals surface area contributed by atoms with Gasteiger partial charge in [-0.3, -0.25) is 0 Å². The normalized spacial score (nSPS) is 10.3. The molecule has 0 spiro atoms. The van der Waals surface area contributed by atoms with Crippen molar-refractivity contribution in [1.82, 2.24) is 0 Å². The monoisotopic (exact) mass is 307 g/mol. The van der Waals surface area contributed by atoms with Crippen LogP contribution in [0.1, 0.15) is 5.56 Å². The van der Waals surface area contributed by atoms with Crippen molar-refractivity contribution in [3.8, 4) is 17.2 Å². The van der Waals surface area contributed by atoms with Crippen molar-refractivity contribution in [2.45, 2.75) is 0 Å². The van der Waals surface area contributed by atoms with Crippen molar-refractivity contribution in [2.24, 2.45) is 0 Å². The molecule has 0 saturated carbocycles. The molecule has 0 aliphatic carbocycles. The molecule has 0 saturated heterocycles. The zero-order valence-electron chi connectivity index (χ0n) is 10.1. The van der Waals surface area contributed by atoms with E-state index in [1.807, 2.05) is 30.3 Å². The third kappa shape index (κ3) is 2.38. The minimum atomic E-state index is 0.698. The fourth-order valence-corrected chi connectivity index (χ4v) is 2.40. The molecule has 0 N–H and O–H groups in total. The lowest BCUT2D eigenvalue weighted by molar-refractivity contribution is 1.50. The second-order valence-electron chi connectivity index (χ2n) is 4.40. The maximum atomic E-state index is 8.90. The zero-order chi connectivity index (χ0) is 13.2. The van der Waals surface area contributed by atoms with Crippen molar-refractivity contribution >= 4 is 26.7 Å². The van der Waals surface area contributed by atoms with E-state index in [0.29, 0.717) is 5.56 Å². The number of fused-ring (bicyclic) bond motifs is 1. The largest absolute Gasteiger partial charge is 0.192 e. The summed E-state index contributed by atoms with van der Waals surface area (Å²) in [6.07, 6.45) is 0. The predicted octanol–water partition coefficient (Wildman–Crippen LogP) is 5.14. The first kappa shape index (κ1) is 12.0. The Balaban J connectivity index is 2.12. The first-order valence-corrected chi connectivity index (χ1v) is 6.75. The van der Waals surface area contributed by atoms with Crippen LogP contribution in [0.25, 0.3) is 21.9 Å². The van der Waals surface area contributed by atoms with Gasteiger partial charge in [-0.2, -0.15) is 5.26 Å². The predicted molar refractivity (Wildman–Crippen MR) is 81.8 cm³/mol. The molecular formula is C17H10BrN. The fourth-order valence-electron chi connectivity index (χ4n) is 2.14. The molecular weight excluding hydrogens is 298 g/mol. The van der Waals surface area contributed by atoms with Crippen LogP contribution in [0.3, 0.4) is 0 Å². The van der Waals surface area contributed by atoms with Gasteiger partial charge in [-0.1, -0.05) is 46.3 Å². The number of nitriles is 1. The second-order valence-corrected chi connectivity index (χ2v) is 5.31. The van der Waals surface area contributed by atoms with Gasteiger partial charge in [0.25, 0.3) is 0 Å². The Labute approximate surface area is 120 Å². The molecule has 0 aliphatic rings. The molecule has 0 fully saturated rings. The molecule has 0 radical (unpaired) electrons. The van der Waals surface area contributed by atoms with Gasteiger partial charge in [-0.15, -0.1) is 0 Å². The summed E-state index contributed by atoms with van der Waals surface area (Å²) in [5, 5.41) is 11.2. The third-order valence-corrected chi connectivity index (χ3v) is 3.68. The molecule has 3 rings (SSSR count). The first-order valence-electron chi connectivity index (χ1n) is 5.96. The highest BCUT2D eigenvalue weighted by molar-refractivity contribution is 9.10. The average molecular weight is 308 g/mol. The van der Waals surface area contributed by atoms with E-state index in [1.54, 1.807) is 0 Å². The average Bonchev–Trinajstić information content (AvgIpc) is 2.47. The van der Waals surface area contributed by atoms with Crippen molar-refractivity contribution in [2.75, 3.05) is 0 Å². The van der Waals surface area contributed by atoms with Gasteiger partial charge >= 0.3 is 0 Å². The van der Waals surface area contributed by atoms with Crippen LogP contribution in [0.4, 0.5) is 0 Å². The van der Waals surface area contributed by atoms with Crippen molar-refractivity contribution in [1.29, 1.82) is 5.26 Å². The van der Waals surface area contributed by atoms with Gasteiger partial charge in [0.2, 0.25) is 0 Å². The highest BCUT2D eigenvalue weighted by atomic mass is 79.9. The van der Waals surface area contributed by atoms with Gasteiger partial charge < -0.3 is 0 Å². The molecule has 3 aromatic rings. The van der Waals surface area contributed by atoms with Crippen LogP contribution in [0.2, 0.25) is 0 Å². The van der Waals surface area contributed by atoms with Crippen LogP contribution in [0.5, 0.6) is 0 Å². The minimum absolute atomic E-state index is 0.698. The number of benzene rings is 3. The Morgan fingerprint density at radius 3 is 2.11 bits per heavy atom. The summed E-state index contributed by atoms with van der Waals surface area (Å²) in [7, 11) is 0. The van der Waals surface area contributed by atoms with Crippen LogP contribution in [-0.4, -0.2) is 0 Å². The lowest BCUT2D eigenvalue weighted by Crippen LogP contribution is -1.80. The fraction of sp³-hybridized carbons (Fsp3) is 0. The van der Waals surface area contributed by atoms with E-state index in [-0.39, 0.29) is 0 Å². The Bertz CT molecular complexity index is 782. The molecule has 2 heteroatoms. The van der Waals surface area contributed by atoms with E-state index in [1.165, 1.54) is 11.1 Å². The summed E-state index contributed by atoms with van der Waals surface area (Å²) < 4.78 is 1.08. The molecule has 0 amide bonds. The third-order valence-electron chi connectivity index (χ3n) is 3.15. The van der Waals surface area contributed by atoms with Gasteiger partial charge in [-0.05, 0) is 52.2 Å². The summed E-state index contributed by atoms with van der Waals surface area (Å²) in [5.41, 5.74) is 3.07. The number of nitrogens with zero attached hydrogens (tertiary/aromatic N) is 1. The Kier molecular flexibility index (Phi) is 3.06. The van der Waals surface area contributed by atoms with Gasteiger partial charge in [0.15, 0.2) is 0 Å². The van der Waals surface area contributed by atoms with Gasteiger partial charge in [-0.25, -0.2) is 0 Å². The molecule has 3 aromatic carbocycles. The quantitative estimate of drug-likeness (QED) is 0.610. The lowest BCUT2D eigenvalue weighted by atomic mass is 10.0. The molecule has 0 atom stereocenters. The molecule has 0 unspecified atom stereocenters. The van der Waals surface area contributed by atoms with E-state index >= 15 is 0 Å². The summed E-state index contributed by atoms with van der Waals surface area (Å²) >= 11 is 3.44. The van der Waals surface area contributed by atoms with E-state index in [0.717, 1.165) is 15.2 Å². The standard InChI is InChI=1S/C17H10BrN/c18-17-7-5-13(6-8-17)15-4-3-14-9-12(11-19)1-2-16(14)10-15/h1-10H. The molecule has 0 bridgehead atoms. The number of hydrogen-bond acceptors (Lipinski definition) is 1. The van der Waals surface area contributed by atoms with E-state index in [9.17, 15) is 0 Å². The van der Waals surface area contributed by atoms with Gasteiger partial charge in [0, 0.05) is 4.47 Å². The molecule has 90 valence electrons. The molecule has 1 nitrogen and oxygen atoms in total. The Hall–Kier alpha value is -2.11. The molecule has 0 aliphatic heterocycles. The van der Waals surface area contributed by atoms with Crippen LogP contribution >= 0.6 is 15.9 Å². The Morgan fingerprint density at radius 1 is 0.737 bits per heavy atom. The number of rotatable bonds is 1. The van der Waals surface area contributed by atoms with Crippen molar-refractivity contribution in [3.63, 3.8) is 0 Å². The van der Waals surface area contributed by atoms with Crippen LogP contribution in [-0.2, 0) is 0 Å². The van der Waals surface area contributed by atoms with Gasteiger partial charge in [0.05, 0.1) is 11.6 Å². The lowest BCUT2D eigenvalue weighted by Gasteiger charge is -2.05. The summed E-state index contributed by atoms with van der Waals surface area (Å²) in [5.74, 6) is 0.